The summed E-state index contributed by atoms with van der Waals surface area (Å²) in [5.74, 6) is -8.30. The van der Waals surface area contributed by atoms with E-state index >= 15 is 9.59 Å². The monoisotopic (exact) mass is 1230 g/mol. The highest BCUT2D eigenvalue weighted by Gasteiger charge is 2.39. The maximum absolute atomic E-state index is 15.1. The molecular formula is C58H82N14O12S2. The number of nitrogens with zero attached hydrogens (tertiary/aromatic N) is 1. The van der Waals surface area contributed by atoms with Gasteiger partial charge in [-0.1, -0.05) is 60.7 Å². The number of unbranched alkanes of at least 4 members (excludes halogenated alkanes) is 2. The van der Waals surface area contributed by atoms with Crippen molar-refractivity contribution >= 4 is 94.4 Å². The van der Waals surface area contributed by atoms with Crippen LogP contribution in [0.15, 0.2) is 85.1 Å². The molecule has 19 N–H and O–H groups in total. The van der Waals surface area contributed by atoms with Gasteiger partial charge in [-0.25, -0.2) is 0 Å². The van der Waals surface area contributed by atoms with Crippen molar-refractivity contribution < 1.29 is 58.2 Å². The number of nitrogens with one attached hydrogen (secondary N) is 9. The Hall–Kier alpha value is -7.76. The number of aromatic nitrogens is 1. The average Bonchev–Trinajstić information content (AvgIpc) is 3.46. The number of thiol groups is 1. The van der Waals surface area contributed by atoms with Gasteiger partial charge in [-0.15, -0.1) is 0 Å². The van der Waals surface area contributed by atoms with Gasteiger partial charge in [0.05, 0.1) is 11.9 Å². The molecule has 1 saturated heterocycles. The number of phenolic OH excluding ortho intramolecular Hbond substituents is 1. The number of carbonyl (C=O) groups excluding carboxylic acids is 10. The summed E-state index contributed by atoms with van der Waals surface area (Å²) in [6, 6.07) is 9.52. The molecule has 0 saturated carbocycles. The Kier molecular flexibility index (Phi) is 28.1. The van der Waals surface area contributed by atoms with E-state index in [9.17, 15) is 48.6 Å². The number of likely N-dealkylation sites (N-methyl/N-ethyl adjacent to an activating group) is 1. The van der Waals surface area contributed by atoms with Gasteiger partial charge < -0.3 is 85.6 Å². The number of H-pyrrole nitrogens is 1. The summed E-state index contributed by atoms with van der Waals surface area (Å²) < 4.78 is 0. The Labute approximate surface area is 508 Å². The van der Waals surface area contributed by atoms with E-state index < -0.39 is 120 Å². The maximum atomic E-state index is 15.1. The van der Waals surface area contributed by atoms with Crippen molar-refractivity contribution in [3.63, 3.8) is 0 Å². The van der Waals surface area contributed by atoms with Crippen LogP contribution in [0.3, 0.4) is 0 Å². The summed E-state index contributed by atoms with van der Waals surface area (Å²) in [6.07, 6.45) is 1.53. The third kappa shape index (κ3) is 21.3. The molecule has 1 aromatic heterocycles. The lowest BCUT2D eigenvalue weighted by Crippen LogP contribution is -2.63. The number of aliphatic hydroxyl groups is 1. The van der Waals surface area contributed by atoms with Crippen molar-refractivity contribution in [3.8, 4) is 5.75 Å². The lowest BCUT2D eigenvalue weighted by atomic mass is 10.00. The van der Waals surface area contributed by atoms with Crippen LogP contribution in [-0.4, -0.2) is 184 Å². The Balaban J connectivity index is 1.46. The Morgan fingerprint density at radius 1 is 0.686 bits per heavy atom. The van der Waals surface area contributed by atoms with Crippen LogP contribution in [0.1, 0.15) is 68.6 Å². The van der Waals surface area contributed by atoms with Crippen LogP contribution in [0.2, 0.25) is 0 Å². The largest absolute Gasteiger partial charge is 0.508 e. The number of amides is 10. The van der Waals surface area contributed by atoms with E-state index in [1.807, 2.05) is 18.2 Å². The van der Waals surface area contributed by atoms with Gasteiger partial charge in [0.1, 0.15) is 60.1 Å². The lowest BCUT2D eigenvalue weighted by Gasteiger charge is -2.33. The number of hydrogen-bond donors (Lipinski definition) is 16. The van der Waals surface area contributed by atoms with Crippen molar-refractivity contribution in [2.24, 2.45) is 22.9 Å². The molecule has 4 aromatic rings. The van der Waals surface area contributed by atoms with E-state index in [1.165, 1.54) is 26.1 Å². The van der Waals surface area contributed by atoms with Crippen LogP contribution < -0.4 is 65.5 Å². The number of phenols is 1. The summed E-state index contributed by atoms with van der Waals surface area (Å²) >= 11 is 5.10. The summed E-state index contributed by atoms with van der Waals surface area (Å²) in [7, 11) is 1.33. The molecule has 0 bridgehead atoms. The fourth-order valence-corrected chi connectivity index (χ4v) is 10.6. The van der Waals surface area contributed by atoms with E-state index in [0.29, 0.717) is 48.9 Å². The zero-order valence-electron chi connectivity index (χ0n) is 48.3. The van der Waals surface area contributed by atoms with E-state index in [-0.39, 0.29) is 74.6 Å². The topological polar surface area (TPSA) is 431 Å². The van der Waals surface area contributed by atoms with Gasteiger partial charge in [-0.05, 0) is 106 Å². The summed E-state index contributed by atoms with van der Waals surface area (Å²) in [4.78, 5) is 144. The second kappa shape index (κ2) is 35.0. The standard InChI is InChI=1S/C58H82N14O12S2/c1-33(73)49-57(83)69-45(27-34-12-4-3-5-13-34)58(84)72(2)47(22-25-86-32-48(75)64-30-39(61)51(77)65-41(16-8-10-23-59)52(78)70-46(31-85)50(62)76)56(82)68-43(26-35-18-20-37(74)21-19-35)54(80)67-44(28-36-29-63-40-15-7-6-14-38(36)40)55(81)66-42(53(79)71-49)17-9-11-24-60/h3-7,12-15,18-21,29,33,39,41-47,49,63,73-74,85H,8-11,16-17,22-28,30-32,59-61H2,1-2H3,(H2,62,76)(H,64,75)(H,65,77)(H,66,81)(H,67,80)(H,68,82)(H,69,83)(H,70,78)(H,71,79)/t33-,39+,41+,42+,43+,44-,45+,46+,47+,49+/m1/s1. The molecule has 3 aromatic carbocycles. The predicted molar refractivity (Wildman–Crippen MR) is 327 cm³/mol. The van der Waals surface area contributed by atoms with Gasteiger partial charge in [0.2, 0.25) is 59.1 Å². The molecule has 1 aliphatic heterocycles. The number of aliphatic hydroxyl groups excluding tert-OH is 1. The quantitative estimate of drug-likeness (QED) is 0.0211. The molecule has 1 aliphatic rings. The number of fused-ring (bicyclic) bond motifs is 1. The molecule has 1 fully saturated rings. The number of hydrogen-bond acceptors (Lipinski definition) is 17. The summed E-state index contributed by atoms with van der Waals surface area (Å²) in [5.41, 5.74) is 25.4. The molecule has 26 nitrogen and oxygen atoms in total. The minimum absolute atomic E-state index is 0.0216. The average molecular weight is 1230 g/mol. The molecule has 468 valence electrons. The fourth-order valence-electron chi connectivity index (χ4n) is 9.50. The number of carbonyl (C=O) groups is 10. The number of nitrogens with two attached hydrogens (primary N) is 4. The highest BCUT2D eigenvalue weighted by Crippen LogP contribution is 2.21. The van der Waals surface area contributed by atoms with E-state index in [2.05, 4.69) is 60.1 Å². The van der Waals surface area contributed by atoms with Crippen LogP contribution in [0.4, 0.5) is 0 Å². The zero-order valence-corrected chi connectivity index (χ0v) is 50.0. The Bertz CT molecular complexity index is 2940. The van der Waals surface area contributed by atoms with Crippen molar-refractivity contribution in [3.05, 3.63) is 102 Å². The second-order valence-electron chi connectivity index (χ2n) is 21.1. The summed E-state index contributed by atoms with van der Waals surface area (Å²) in [5, 5.41) is 43.3. The molecule has 0 spiro atoms. The van der Waals surface area contributed by atoms with E-state index in [0.717, 1.165) is 27.6 Å². The van der Waals surface area contributed by atoms with Gasteiger partial charge in [0, 0.05) is 55.7 Å². The first kappa shape index (κ1) is 69.0. The zero-order chi connectivity index (χ0) is 62.9. The van der Waals surface area contributed by atoms with Crippen molar-refractivity contribution in [1.29, 1.82) is 0 Å². The van der Waals surface area contributed by atoms with Gasteiger partial charge >= 0.3 is 0 Å². The first-order chi connectivity index (χ1) is 41.1. The smallest absolute Gasteiger partial charge is 0.245 e. The number of benzene rings is 3. The maximum Gasteiger partial charge on any atom is 0.245 e. The van der Waals surface area contributed by atoms with Gasteiger partial charge in [-0.2, -0.15) is 24.4 Å². The number of primary amides is 1. The normalized spacial score (nSPS) is 20.6. The van der Waals surface area contributed by atoms with Gasteiger partial charge in [-0.3, -0.25) is 47.9 Å². The Morgan fingerprint density at radius 2 is 1.27 bits per heavy atom. The summed E-state index contributed by atoms with van der Waals surface area (Å²) in [6.45, 7) is 1.50. The number of aromatic hydroxyl groups is 1. The van der Waals surface area contributed by atoms with Crippen LogP contribution in [0.5, 0.6) is 5.75 Å². The molecule has 0 radical (unpaired) electrons. The van der Waals surface area contributed by atoms with Crippen molar-refractivity contribution in [1.82, 2.24) is 52.4 Å². The molecule has 86 heavy (non-hydrogen) atoms. The molecule has 0 aliphatic carbocycles. The molecule has 10 amide bonds. The lowest BCUT2D eigenvalue weighted by molar-refractivity contribution is -0.143. The van der Waals surface area contributed by atoms with Crippen molar-refractivity contribution in [2.75, 3.05) is 43.9 Å². The van der Waals surface area contributed by atoms with Crippen molar-refractivity contribution in [2.45, 2.75) is 132 Å². The van der Waals surface area contributed by atoms with Crippen LogP contribution >= 0.6 is 24.4 Å². The Morgan fingerprint density at radius 3 is 1.93 bits per heavy atom. The van der Waals surface area contributed by atoms with E-state index in [4.69, 9.17) is 22.9 Å². The highest BCUT2D eigenvalue weighted by atomic mass is 32.2. The number of aromatic amines is 1. The molecule has 5 rings (SSSR count). The fraction of sp³-hybridized carbons (Fsp3) is 0.483. The van der Waals surface area contributed by atoms with Crippen LogP contribution in [0.25, 0.3) is 10.9 Å². The second-order valence-corrected chi connectivity index (χ2v) is 22.6. The third-order valence-corrected chi connectivity index (χ3v) is 15.8. The first-order valence-corrected chi connectivity index (χ1v) is 30.3. The van der Waals surface area contributed by atoms with Gasteiger partial charge in [0.25, 0.3) is 0 Å². The molecule has 28 heteroatoms. The SMILES string of the molecule is C[C@@H](O)[C@@H]1NC(=O)[C@H](CCCCN)NC(=O)[C@@H](Cc2c[nH]c3ccccc23)NC(=O)[C@H](Cc2ccc(O)cc2)NC(=O)[C@H](CCSCC(=O)NC[C@H](N)C(=O)N[C@@H](CCCCN)C(=O)N[C@@H](CS)C(N)=O)N(C)C(=O)[C@H](Cc2ccccc2)NC1=O. The highest BCUT2D eigenvalue weighted by molar-refractivity contribution is 7.99. The minimum Gasteiger partial charge on any atom is -0.508 e. The van der Waals surface area contributed by atoms with E-state index in [1.54, 1.807) is 54.7 Å². The minimum atomic E-state index is -1.67. The van der Waals surface area contributed by atoms with Gasteiger partial charge in [0.15, 0.2) is 0 Å². The first-order valence-electron chi connectivity index (χ1n) is 28.5. The number of thioether (sulfide) groups is 1. The third-order valence-electron chi connectivity index (χ3n) is 14.4. The number of para-hydroxylation sites is 1. The van der Waals surface area contributed by atoms with Crippen LogP contribution in [0, 0.1) is 0 Å². The molecule has 0 unspecified atom stereocenters. The van der Waals surface area contributed by atoms with Crippen LogP contribution in [-0.2, 0) is 67.2 Å². The molecular weight excluding hydrogens is 1150 g/mol. The molecule has 10 atom stereocenters. The predicted octanol–water partition coefficient (Wildman–Crippen LogP) is -2.24. The number of rotatable bonds is 28. The molecule has 2 heterocycles.